The Kier molecular flexibility index (Phi) is 5.48. The highest BCUT2D eigenvalue weighted by Gasteiger charge is 2.31. The van der Waals surface area contributed by atoms with Crippen LogP contribution in [0.5, 0.6) is 5.75 Å². The summed E-state index contributed by atoms with van der Waals surface area (Å²) in [4.78, 5) is 16.9. The fourth-order valence-corrected chi connectivity index (χ4v) is 4.03. The van der Waals surface area contributed by atoms with Crippen molar-refractivity contribution in [2.45, 2.75) is 18.9 Å². The van der Waals surface area contributed by atoms with Crippen LogP contribution in [0.1, 0.15) is 18.9 Å². The molecule has 2 aromatic heterocycles. The second-order valence-corrected chi connectivity index (χ2v) is 8.14. The van der Waals surface area contributed by atoms with E-state index < -0.39 is 5.54 Å². The molecule has 0 spiro atoms. The van der Waals surface area contributed by atoms with Crippen LogP contribution in [0, 0.1) is 11.3 Å². The molecule has 2 N–H and O–H groups in total. The van der Waals surface area contributed by atoms with Crippen LogP contribution in [0.4, 0.5) is 17.1 Å². The summed E-state index contributed by atoms with van der Waals surface area (Å²) in [5.41, 5.74) is 2.32. The lowest BCUT2D eigenvalue weighted by Crippen LogP contribution is -2.39. The number of methoxy groups -OCH3 is 1. The number of hydrogen-bond acceptors (Lipinski definition) is 7. The Morgan fingerprint density at radius 3 is 3.00 bits per heavy atom. The molecule has 0 saturated heterocycles. The van der Waals surface area contributed by atoms with Gasteiger partial charge in [-0.05, 0) is 31.2 Å². The Labute approximate surface area is 184 Å². The number of nitrogens with one attached hydrogen (secondary N) is 2. The number of aromatic nitrogens is 2. The lowest BCUT2D eigenvalue weighted by Gasteiger charge is -2.29. The van der Waals surface area contributed by atoms with Crippen LogP contribution in [0.25, 0.3) is 10.9 Å². The number of rotatable bonds is 4. The Hall–Kier alpha value is -3.28. The number of hydrogen-bond donors (Lipinski definition) is 2. The molecule has 4 rings (SSSR count). The molecule has 1 atom stereocenters. The van der Waals surface area contributed by atoms with Crippen LogP contribution in [0.3, 0.4) is 0 Å². The van der Waals surface area contributed by atoms with Gasteiger partial charge in [0.2, 0.25) is 5.75 Å². The number of pyridine rings is 2. The molecular weight excluding hydrogens is 418 g/mol. The monoisotopic (exact) mass is 439 g/mol. The number of ether oxygens (including phenoxy) is 2. The van der Waals surface area contributed by atoms with Crippen molar-refractivity contribution < 1.29 is 9.47 Å². The predicted molar refractivity (Wildman–Crippen MR) is 120 cm³/mol. The van der Waals surface area contributed by atoms with Crippen LogP contribution < -0.4 is 20.9 Å². The van der Waals surface area contributed by atoms with E-state index in [0.717, 1.165) is 16.6 Å². The third-order valence-corrected chi connectivity index (χ3v) is 5.73. The Balaban J connectivity index is 1.87. The maximum Gasteiger partial charge on any atom is 0.295 e. The average Bonchev–Trinajstić information content (AvgIpc) is 2.91. The third-order valence-electron chi connectivity index (χ3n) is 5.44. The normalized spacial score (nSPS) is 17.8. The zero-order valence-corrected chi connectivity index (χ0v) is 18.2. The predicted octanol–water partition coefficient (Wildman–Crippen LogP) is 3.80. The van der Waals surface area contributed by atoms with Crippen LogP contribution in [-0.4, -0.2) is 35.4 Å². The van der Waals surface area contributed by atoms with Gasteiger partial charge < -0.3 is 24.7 Å². The SMILES string of the molecule is COCC1(C)CCOc2c(c3cc(Nc4ccnc(Cl)c4C#N)ccc3n(C)c2=O)N1. The Morgan fingerprint density at radius 2 is 2.26 bits per heavy atom. The van der Waals surface area contributed by atoms with Crippen molar-refractivity contribution in [3.05, 3.63) is 51.5 Å². The van der Waals surface area contributed by atoms with E-state index in [-0.39, 0.29) is 22.0 Å². The molecule has 8 nitrogen and oxygen atoms in total. The van der Waals surface area contributed by atoms with Gasteiger partial charge in [0.05, 0.1) is 35.6 Å². The van der Waals surface area contributed by atoms with Crippen LogP contribution in [-0.2, 0) is 11.8 Å². The number of nitrogens with zero attached hydrogens (tertiary/aromatic N) is 3. The Morgan fingerprint density at radius 1 is 1.45 bits per heavy atom. The molecule has 0 aliphatic carbocycles. The van der Waals surface area contributed by atoms with E-state index in [4.69, 9.17) is 21.1 Å². The maximum atomic E-state index is 12.9. The minimum Gasteiger partial charge on any atom is -0.486 e. The van der Waals surface area contributed by atoms with Crippen molar-refractivity contribution in [2.75, 3.05) is 31.0 Å². The molecule has 0 amide bonds. The van der Waals surface area contributed by atoms with Crippen LogP contribution >= 0.6 is 11.6 Å². The van der Waals surface area contributed by atoms with Crippen LogP contribution in [0.2, 0.25) is 5.15 Å². The summed E-state index contributed by atoms with van der Waals surface area (Å²) >= 11 is 6.05. The second kappa shape index (κ2) is 8.10. The van der Waals surface area contributed by atoms with Gasteiger partial charge in [-0.2, -0.15) is 5.26 Å². The molecule has 0 fully saturated rings. The Bertz CT molecular complexity index is 1270. The molecule has 1 unspecified atom stereocenters. The number of halogens is 1. The highest BCUT2D eigenvalue weighted by molar-refractivity contribution is 6.31. The fourth-order valence-electron chi connectivity index (χ4n) is 3.83. The zero-order valence-electron chi connectivity index (χ0n) is 17.5. The minimum atomic E-state index is -0.394. The highest BCUT2D eigenvalue weighted by atomic mass is 35.5. The van der Waals surface area contributed by atoms with Crippen molar-refractivity contribution in [3.8, 4) is 11.8 Å². The van der Waals surface area contributed by atoms with Gasteiger partial charge in [-0.1, -0.05) is 11.6 Å². The first kappa shape index (κ1) is 21.0. The van der Waals surface area contributed by atoms with Crippen molar-refractivity contribution in [2.24, 2.45) is 7.05 Å². The molecule has 0 bridgehead atoms. The summed E-state index contributed by atoms with van der Waals surface area (Å²) in [5.74, 6) is 0.289. The molecule has 3 aromatic rings. The standard InChI is InChI=1S/C22H22ClN5O3/c1-22(12-30-3)7-9-31-19-18(27-22)14-10-13(4-5-17(14)28(2)21(19)29)26-16-6-8-25-20(23)15(16)11-24/h4-6,8,10,27H,7,9,12H2,1-3H3,(H,25,26). The quantitative estimate of drug-likeness (QED) is 0.596. The van der Waals surface area contributed by atoms with E-state index in [1.165, 1.54) is 6.20 Å². The van der Waals surface area contributed by atoms with Gasteiger partial charge in [-0.15, -0.1) is 0 Å². The zero-order chi connectivity index (χ0) is 22.2. The summed E-state index contributed by atoms with van der Waals surface area (Å²) in [5, 5.41) is 17.1. The lowest BCUT2D eigenvalue weighted by molar-refractivity contribution is 0.138. The summed E-state index contributed by atoms with van der Waals surface area (Å²) in [6, 6.07) is 9.37. The van der Waals surface area contributed by atoms with Gasteiger partial charge in [0.1, 0.15) is 16.8 Å². The van der Waals surface area contributed by atoms with Gasteiger partial charge >= 0.3 is 0 Å². The first-order valence-electron chi connectivity index (χ1n) is 9.75. The van der Waals surface area contributed by atoms with Crippen molar-refractivity contribution >= 4 is 39.6 Å². The number of fused-ring (bicyclic) bond motifs is 3. The fraction of sp³-hybridized carbons (Fsp3) is 0.318. The first-order valence-corrected chi connectivity index (χ1v) is 10.1. The molecule has 0 radical (unpaired) electrons. The minimum absolute atomic E-state index is 0.134. The van der Waals surface area contributed by atoms with E-state index in [1.54, 1.807) is 24.8 Å². The molecule has 160 valence electrons. The largest absolute Gasteiger partial charge is 0.486 e. The molecule has 9 heteroatoms. The van der Waals surface area contributed by atoms with Gasteiger partial charge in [0, 0.05) is 37.8 Å². The first-order chi connectivity index (χ1) is 14.9. The number of benzene rings is 1. The topological polar surface area (TPSA) is 101 Å². The van der Waals surface area contributed by atoms with Gasteiger partial charge in [-0.3, -0.25) is 4.79 Å². The van der Waals surface area contributed by atoms with Crippen LogP contribution in [0.15, 0.2) is 35.3 Å². The average molecular weight is 440 g/mol. The molecule has 1 aromatic carbocycles. The molecule has 0 saturated carbocycles. The molecule has 3 heterocycles. The van der Waals surface area contributed by atoms with E-state index in [9.17, 15) is 10.1 Å². The molecule has 31 heavy (non-hydrogen) atoms. The van der Waals surface area contributed by atoms with E-state index in [1.807, 2.05) is 25.1 Å². The number of aryl methyl sites for hydroxylation is 1. The van der Waals surface area contributed by atoms with Crippen molar-refractivity contribution in [1.82, 2.24) is 9.55 Å². The van der Waals surface area contributed by atoms with E-state index in [2.05, 4.69) is 21.7 Å². The summed E-state index contributed by atoms with van der Waals surface area (Å²) in [7, 11) is 3.37. The van der Waals surface area contributed by atoms with Crippen molar-refractivity contribution in [3.63, 3.8) is 0 Å². The number of nitriles is 1. The second-order valence-electron chi connectivity index (χ2n) is 7.78. The number of anilines is 3. The van der Waals surface area contributed by atoms with Gasteiger partial charge in [0.25, 0.3) is 5.56 Å². The summed E-state index contributed by atoms with van der Waals surface area (Å²) in [6.45, 7) is 2.91. The molecular formula is C22H22ClN5O3. The smallest absolute Gasteiger partial charge is 0.295 e. The lowest BCUT2D eigenvalue weighted by atomic mass is 9.98. The van der Waals surface area contributed by atoms with Gasteiger partial charge in [0.15, 0.2) is 0 Å². The van der Waals surface area contributed by atoms with Crippen molar-refractivity contribution in [1.29, 1.82) is 5.26 Å². The molecule has 1 aliphatic heterocycles. The summed E-state index contributed by atoms with van der Waals surface area (Å²) in [6.07, 6.45) is 2.22. The third kappa shape index (κ3) is 3.78. The van der Waals surface area contributed by atoms with Gasteiger partial charge in [-0.25, -0.2) is 4.98 Å². The van der Waals surface area contributed by atoms with E-state index in [0.29, 0.717) is 31.0 Å². The highest BCUT2D eigenvalue weighted by Crippen LogP contribution is 2.37. The van der Waals surface area contributed by atoms with E-state index >= 15 is 0 Å². The molecule has 1 aliphatic rings. The summed E-state index contributed by atoms with van der Waals surface area (Å²) < 4.78 is 12.8. The maximum absolute atomic E-state index is 12.9.